The minimum absolute atomic E-state index is 0.0635. The average Bonchev–Trinajstić information content (AvgIpc) is 3.35. The Morgan fingerprint density at radius 3 is 2.63 bits per heavy atom. The fourth-order valence-electron chi connectivity index (χ4n) is 5.57. The number of rotatable bonds is 6. The number of carbonyl (C=O) groups is 2. The summed E-state index contributed by atoms with van der Waals surface area (Å²) in [6.45, 7) is 10.3. The standard InChI is InChI=1S/C21H32N4O4S/c1-11-17-16(12(2)26)20(27)25(17)18(21(28)29)19(11)30-15-5-6-23(10-15)8-14-4-7-24(9-14)13(3)22/h11-12,14-17,22,26H,4-10H2,1-3H3,(H,28,29)/t11-,12-,14+,15-,16-,17-/m1/s1. The van der Waals surface area contributed by atoms with E-state index >= 15 is 0 Å². The lowest BCUT2D eigenvalue weighted by Crippen LogP contribution is -2.63. The lowest BCUT2D eigenvalue weighted by molar-refractivity contribution is -0.163. The van der Waals surface area contributed by atoms with Crippen LogP contribution in [-0.2, 0) is 9.59 Å². The van der Waals surface area contributed by atoms with Crippen molar-refractivity contribution in [1.29, 1.82) is 5.41 Å². The summed E-state index contributed by atoms with van der Waals surface area (Å²) in [7, 11) is 0. The topological polar surface area (TPSA) is 108 Å². The molecule has 4 rings (SSSR count). The summed E-state index contributed by atoms with van der Waals surface area (Å²) < 4.78 is 0. The van der Waals surface area contributed by atoms with E-state index in [1.54, 1.807) is 18.7 Å². The summed E-state index contributed by atoms with van der Waals surface area (Å²) in [5.74, 6) is -0.658. The van der Waals surface area contributed by atoms with Gasteiger partial charge in [0.05, 0.1) is 23.9 Å². The van der Waals surface area contributed by atoms with Gasteiger partial charge in [-0.15, -0.1) is 11.8 Å². The molecule has 0 aromatic heterocycles. The maximum Gasteiger partial charge on any atom is 0.353 e. The molecular weight excluding hydrogens is 404 g/mol. The second kappa shape index (κ2) is 8.16. The number of fused-ring (bicyclic) bond motifs is 1. The van der Waals surface area contributed by atoms with Crippen molar-refractivity contribution in [3.63, 3.8) is 0 Å². The lowest BCUT2D eigenvalue weighted by Gasteiger charge is -2.46. The van der Waals surface area contributed by atoms with E-state index in [9.17, 15) is 19.8 Å². The number of β-lactam (4-membered cyclic amide) rings is 1. The maximum absolute atomic E-state index is 12.5. The highest BCUT2D eigenvalue weighted by atomic mass is 32.2. The number of aliphatic hydroxyl groups is 1. The van der Waals surface area contributed by atoms with E-state index in [2.05, 4.69) is 9.80 Å². The Bertz CT molecular complexity index is 785. The smallest absolute Gasteiger partial charge is 0.353 e. The first kappa shape index (κ1) is 21.6. The molecule has 166 valence electrons. The van der Waals surface area contributed by atoms with Gasteiger partial charge in [-0.05, 0) is 39.2 Å². The number of thioether (sulfide) groups is 1. The first-order chi connectivity index (χ1) is 14.2. The van der Waals surface area contributed by atoms with Crippen LogP contribution in [0, 0.1) is 23.2 Å². The normalized spacial score (nSPS) is 35.1. The van der Waals surface area contributed by atoms with Gasteiger partial charge in [0.1, 0.15) is 5.70 Å². The predicted octanol–water partition coefficient (Wildman–Crippen LogP) is 1.27. The van der Waals surface area contributed by atoms with E-state index in [-0.39, 0.29) is 23.6 Å². The van der Waals surface area contributed by atoms with Crippen LogP contribution in [0.15, 0.2) is 10.6 Å². The van der Waals surface area contributed by atoms with Gasteiger partial charge in [-0.1, -0.05) is 6.92 Å². The Kier molecular flexibility index (Phi) is 5.89. The third-order valence-corrected chi connectivity index (χ3v) is 8.65. The average molecular weight is 437 g/mol. The van der Waals surface area contributed by atoms with Crippen molar-refractivity contribution in [2.24, 2.45) is 17.8 Å². The highest BCUT2D eigenvalue weighted by Crippen LogP contribution is 2.51. The van der Waals surface area contributed by atoms with E-state index in [1.165, 1.54) is 4.90 Å². The van der Waals surface area contributed by atoms with Crippen molar-refractivity contribution in [1.82, 2.24) is 14.7 Å². The minimum atomic E-state index is -1.05. The Morgan fingerprint density at radius 1 is 1.30 bits per heavy atom. The first-order valence-corrected chi connectivity index (χ1v) is 11.7. The Hall–Kier alpha value is -1.58. The maximum atomic E-state index is 12.5. The molecule has 4 aliphatic rings. The molecule has 6 atom stereocenters. The molecule has 4 aliphatic heterocycles. The molecule has 0 radical (unpaired) electrons. The van der Waals surface area contributed by atoms with Crippen molar-refractivity contribution >= 4 is 29.5 Å². The summed E-state index contributed by atoms with van der Waals surface area (Å²) in [5.41, 5.74) is 0.130. The summed E-state index contributed by atoms with van der Waals surface area (Å²) in [4.78, 5) is 31.2. The van der Waals surface area contributed by atoms with E-state index in [1.807, 2.05) is 13.8 Å². The molecule has 8 nitrogen and oxygen atoms in total. The lowest BCUT2D eigenvalue weighted by atomic mass is 9.79. The number of aliphatic hydroxyl groups excluding tert-OH is 1. The number of likely N-dealkylation sites (tertiary alicyclic amines) is 2. The monoisotopic (exact) mass is 436 g/mol. The van der Waals surface area contributed by atoms with E-state index in [0.29, 0.717) is 17.0 Å². The summed E-state index contributed by atoms with van der Waals surface area (Å²) in [6.07, 6.45) is 1.36. The molecule has 3 fully saturated rings. The van der Waals surface area contributed by atoms with Gasteiger partial charge in [-0.3, -0.25) is 10.2 Å². The minimum Gasteiger partial charge on any atom is -0.477 e. The number of hydrogen-bond donors (Lipinski definition) is 3. The van der Waals surface area contributed by atoms with Crippen LogP contribution in [-0.4, -0.2) is 92.7 Å². The summed E-state index contributed by atoms with van der Waals surface area (Å²) in [6, 6.07) is -0.238. The molecule has 3 N–H and O–H groups in total. The van der Waals surface area contributed by atoms with Gasteiger partial charge in [-0.25, -0.2) is 4.79 Å². The fourth-order valence-corrected chi connectivity index (χ4v) is 7.09. The van der Waals surface area contributed by atoms with E-state index in [0.717, 1.165) is 50.5 Å². The zero-order chi connectivity index (χ0) is 21.7. The highest BCUT2D eigenvalue weighted by molar-refractivity contribution is 8.03. The van der Waals surface area contributed by atoms with Gasteiger partial charge in [-0.2, -0.15) is 0 Å². The number of hydrogen-bond acceptors (Lipinski definition) is 6. The second-order valence-electron chi connectivity index (χ2n) is 9.25. The van der Waals surface area contributed by atoms with Crippen LogP contribution in [0.4, 0.5) is 0 Å². The van der Waals surface area contributed by atoms with Gasteiger partial charge in [0.15, 0.2) is 0 Å². The van der Waals surface area contributed by atoms with Gasteiger partial charge in [0, 0.05) is 42.3 Å². The SMILES string of the molecule is CC(=N)N1CC[C@@H](CN2CC[C@@H](SC3=C(C(=O)O)N4C(=O)[C@H]([C@@H](C)O)[C@H]4[C@H]3C)C2)C1. The van der Waals surface area contributed by atoms with Crippen LogP contribution in [0.25, 0.3) is 0 Å². The van der Waals surface area contributed by atoms with Gasteiger partial charge in [0.25, 0.3) is 0 Å². The molecule has 9 heteroatoms. The quantitative estimate of drug-likeness (QED) is 0.327. The number of nitrogens with zero attached hydrogens (tertiary/aromatic N) is 3. The number of aliphatic carboxylic acids is 1. The van der Waals surface area contributed by atoms with E-state index in [4.69, 9.17) is 5.41 Å². The number of nitrogens with one attached hydrogen (secondary N) is 1. The van der Waals surface area contributed by atoms with Crippen molar-refractivity contribution < 1.29 is 19.8 Å². The molecule has 1 amide bonds. The number of amidine groups is 1. The molecule has 0 aromatic carbocycles. The molecule has 0 spiro atoms. The number of carboxylic acids is 1. The van der Waals surface area contributed by atoms with Crippen LogP contribution in [0.5, 0.6) is 0 Å². The molecule has 0 saturated carbocycles. The second-order valence-corrected chi connectivity index (χ2v) is 10.6. The predicted molar refractivity (Wildman–Crippen MR) is 115 cm³/mol. The zero-order valence-corrected chi connectivity index (χ0v) is 18.7. The molecule has 30 heavy (non-hydrogen) atoms. The van der Waals surface area contributed by atoms with E-state index < -0.39 is 18.0 Å². The molecule has 3 saturated heterocycles. The molecule has 0 bridgehead atoms. The van der Waals surface area contributed by atoms with Crippen molar-refractivity contribution in [2.75, 3.05) is 32.7 Å². The summed E-state index contributed by atoms with van der Waals surface area (Å²) >= 11 is 1.63. The molecule has 0 aliphatic carbocycles. The first-order valence-electron chi connectivity index (χ1n) is 10.9. The zero-order valence-electron chi connectivity index (χ0n) is 17.9. The Morgan fingerprint density at radius 2 is 2.03 bits per heavy atom. The number of carboxylic acid groups (broad SMARTS) is 1. The molecular formula is C21H32N4O4S. The van der Waals surface area contributed by atoms with Crippen LogP contribution in [0.3, 0.4) is 0 Å². The summed E-state index contributed by atoms with van der Waals surface area (Å²) in [5, 5.41) is 27.9. The molecule has 0 unspecified atom stereocenters. The Labute approximate surface area is 181 Å². The molecule has 4 heterocycles. The fraction of sp³-hybridized carbons (Fsp3) is 0.762. The van der Waals surface area contributed by atoms with Crippen molar-refractivity contribution in [3.8, 4) is 0 Å². The van der Waals surface area contributed by atoms with Gasteiger partial charge < -0.3 is 24.9 Å². The highest BCUT2D eigenvalue weighted by Gasteiger charge is 2.60. The van der Waals surface area contributed by atoms with Crippen molar-refractivity contribution in [2.45, 2.75) is 51.0 Å². The third-order valence-electron chi connectivity index (χ3n) is 7.11. The van der Waals surface area contributed by atoms with Crippen LogP contribution >= 0.6 is 11.8 Å². The third kappa shape index (κ3) is 3.65. The van der Waals surface area contributed by atoms with Gasteiger partial charge in [0.2, 0.25) is 5.91 Å². The largest absolute Gasteiger partial charge is 0.477 e. The number of amides is 1. The Balaban J connectivity index is 1.39. The van der Waals surface area contributed by atoms with Crippen LogP contribution in [0.1, 0.15) is 33.6 Å². The number of carbonyl (C=O) groups excluding carboxylic acids is 1. The van der Waals surface area contributed by atoms with Crippen LogP contribution in [0.2, 0.25) is 0 Å². The van der Waals surface area contributed by atoms with Crippen LogP contribution < -0.4 is 0 Å². The van der Waals surface area contributed by atoms with Crippen molar-refractivity contribution in [3.05, 3.63) is 10.6 Å². The van der Waals surface area contributed by atoms with Gasteiger partial charge >= 0.3 is 5.97 Å². The molecule has 0 aromatic rings.